The minimum atomic E-state index is 0. The van der Waals surface area contributed by atoms with E-state index >= 15 is 0 Å². The third-order valence-corrected chi connectivity index (χ3v) is 5.50. The van der Waals surface area contributed by atoms with E-state index in [1.165, 1.54) is 44.5 Å². The number of hydrogen-bond acceptors (Lipinski definition) is 0. The molecule has 4 rings (SSSR count). The normalized spacial score (nSPS) is 13.8. The van der Waals surface area contributed by atoms with Crippen molar-refractivity contribution in [1.29, 1.82) is 0 Å². The zero-order valence-electron chi connectivity index (χ0n) is 18.9. The number of aryl methyl sites for hydroxylation is 2. The molecular formula is C28H30Cl2Zr. The van der Waals surface area contributed by atoms with Crippen LogP contribution in [-0.2, 0) is 39.0 Å². The molecule has 0 aromatic heterocycles. The third kappa shape index (κ3) is 8.05. The minimum absolute atomic E-state index is 0. The van der Waals surface area contributed by atoms with E-state index in [1.54, 1.807) is 0 Å². The van der Waals surface area contributed by atoms with Gasteiger partial charge in [-0.1, -0.05) is 76.2 Å². The van der Waals surface area contributed by atoms with E-state index in [-0.39, 0.29) is 51.0 Å². The summed E-state index contributed by atoms with van der Waals surface area (Å²) in [6.07, 6.45) is 15.3. The van der Waals surface area contributed by atoms with Gasteiger partial charge in [0.05, 0.1) is 0 Å². The Labute approximate surface area is 220 Å². The van der Waals surface area contributed by atoms with E-state index in [0.29, 0.717) is 0 Å². The second-order valence-electron chi connectivity index (χ2n) is 7.35. The summed E-state index contributed by atoms with van der Waals surface area (Å²) < 4.78 is 0. The molecule has 0 saturated carbocycles. The topological polar surface area (TPSA) is 0 Å². The molecule has 0 saturated heterocycles. The first kappa shape index (κ1) is 29.9. The van der Waals surface area contributed by atoms with Crippen LogP contribution < -0.4 is 24.8 Å². The Morgan fingerprint density at radius 2 is 0.935 bits per heavy atom. The second kappa shape index (κ2) is 14.8. The van der Waals surface area contributed by atoms with Crippen LogP contribution >= 0.6 is 0 Å². The minimum Gasteiger partial charge on any atom is -1.00 e. The van der Waals surface area contributed by atoms with Gasteiger partial charge in [-0.15, -0.1) is 24.0 Å². The summed E-state index contributed by atoms with van der Waals surface area (Å²) >= 11 is 0. The molecule has 0 aliphatic heterocycles. The van der Waals surface area contributed by atoms with Crippen LogP contribution in [0.5, 0.6) is 0 Å². The van der Waals surface area contributed by atoms with Crippen molar-refractivity contribution in [1.82, 2.24) is 0 Å². The van der Waals surface area contributed by atoms with Gasteiger partial charge in [-0.2, -0.15) is 23.3 Å². The second-order valence-corrected chi connectivity index (χ2v) is 7.35. The van der Waals surface area contributed by atoms with Crippen molar-refractivity contribution in [2.24, 2.45) is 0 Å². The van der Waals surface area contributed by atoms with Gasteiger partial charge in [0.1, 0.15) is 0 Å². The van der Waals surface area contributed by atoms with Gasteiger partial charge in [0, 0.05) is 0 Å². The number of allylic oxidation sites excluding steroid dienone is 8. The molecule has 2 aromatic carbocycles. The molecule has 0 N–H and O–H groups in total. The van der Waals surface area contributed by atoms with Crippen LogP contribution in [0, 0.1) is 12.2 Å². The summed E-state index contributed by atoms with van der Waals surface area (Å²) in [6, 6.07) is 17.7. The van der Waals surface area contributed by atoms with Gasteiger partial charge in [-0.25, -0.2) is 11.1 Å². The maximum Gasteiger partial charge on any atom is 4.00 e. The van der Waals surface area contributed by atoms with Crippen molar-refractivity contribution in [3.63, 3.8) is 0 Å². The van der Waals surface area contributed by atoms with E-state index in [9.17, 15) is 0 Å². The number of hydrogen-bond donors (Lipinski definition) is 0. The zero-order valence-corrected chi connectivity index (χ0v) is 22.8. The molecule has 0 nitrogen and oxygen atoms in total. The molecule has 2 aliphatic carbocycles. The van der Waals surface area contributed by atoms with E-state index in [4.69, 9.17) is 0 Å². The van der Waals surface area contributed by atoms with Crippen molar-refractivity contribution in [3.8, 4) is 0 Å². The molecule has 0 radical (unpaired) electrons. The Morgan fingerprint density at radius 1 is 0.613 bits per heavy atom. The van der Waals surface area contributed by atoms with E-state index in [2.05, 4.69) is 101 Å². The fourth-order valence-corrected chi connectivity index (χ4v) is 3.62. The van der Waals surface area contributed by atoms with Gasteiger partial charge >= 0.3 is 26.2 Å². The van der Waals surface area contributed by atoms with Crippen molar-refractivity contribution in [2.75, 3.05) is 0 Å². The van der Waals surface area contributed by atoms with Crippen LogP contribution in [0.1, 0.15) is 62.8 Å². The molecule has 2 aromatic rings. The molecule has 0 spiro atoms. The number of benzene rings is 2. The van der Waals surface area contributed by atoms with Gasteiger partial charge in [0.25, 0.3) is 0 Å². The van der Waals surface area contributed by atoms with Crippen LogP contribution in [-0.4, -0.2) is 0 Å². The molecule has 3 heteroatoms. The standard InChI is InChI=1S/2C14H15.2ClH.Zr/c2*1-3-12-7-9-13(10-8-12)14-6-4-5-11(14)2;;;/h2*6-10H,3-4H2,1-2H3;2*1H;/q2*-1;;;+4/p-2. The predicted octanol–water partition coefficient (Wildman–Crippen LogP) is 1.58. The number of rotatable bonds is 4. The maximum atomic E-state index is 3.32. The smallest absolute Gasteiger partial charge is 1.00 e. The first-order valence-electron chi connectivity index (χ1n) is 10.4. The molecule has 0 amide bonds. The average molecular weight is 529 g/mol. The van der Waals surface area contributed by atoms with Crippen LogP contribution in [0.3, 0.4) is 0 Å². The Hall–Kier alpha value is -1.14. The SMILES string of the molecule is CCc1ccc(C2=CC[C-]=C2C)cc1.CCc1ccc(C2=CC[C-]=C2C)cc1.[Cl-].[Cl-].[Zr+4]. The van der Waals surface area contributed by atoms with Gasteiger partial charge in [-0.3, -0.25) is 12.2 Å². The summed E-state index contributed by atoms with van der Waals surface area (Å²) in [7, 11) is 0. The molecule has 160 valence electrons. The van der Waals surface area contributed by atoms with Gasteiger partial charge < -0.3 is 24.8 Å². The zero-order chi connectivity index (χ0) is 19.9. The molecule has 0 bridgehead atoms. The monoisotopic (exact) mass is 526 g/mol. The quantitative estimate of drug-likeness (QED) is 0.529. The predicted molar refractivity (Wildman–Crippen MR) is 122 cm³/mol. The molecule has 0 fully saturated rings. The maximum absolute atomic E-state index is 3.32. The summed E-state index contributed by atoms with van der Waals surface area (Å²) in [5, 5.41) is 0. The summed E-state index contributed by atoms with van der Waals surface area (Å²) in [5.74, 6) is 0. The number of halogens is 2. The Balaban J connectivity index is 0.000000529. The van der Waals surface area contributed by atoms with Crippen LogP contribution in [0.2, 0.25) is 0 Å². The van der Waals surface area contributed by atoms with Crippen LogP contribution in [0.15, 0.2) is 71.8 Å². The molecule has 0 heterocycles. The first-order chi connectivity index (χ1) is 13.6. The fraction of sp³-hybridized carbons (Fsp3) is 0.286. The Kier molecular flexibility index (Phi) is 14.3. The van der Waals surface area contributed by atoms with Crippen molar-refractivity contribution in [3.05, 3.63) is 106 Å². The summed E-state index contributed by atoms with van der Waals surface area (Å²) in [4.78, 5) is 0. The van der Waals surface area contributed by atoms with Crippen molar-refractivity contribution < 1.29 is 51.0 Å². The molecule has 0 unspecified atom stereocenters. The summed E-state index contributed by atoms with van der Waals surface area (Å²) in [6.45, 7) is 8.63. The van der Waals surface area contributed by atoms with Crippen molar-refractivity contribution >= 4 is 11.1 Å². The van der Waals surface area contributed by atoms with Crippen LogP contribution in [0.25, 0.3) is 11.1 Å². The average Bonchev–Trinajstić information content (AvgIpc) is 3.37. The van der Waals surface area contributed by atoms with Gasteiger partial charge in [0.15, 0.2) is 0 Å². The van der Waals surface area contributed by atoms with E-state index < -0.39 is 0 Å². The Bertz CT molecular complexity index is 850. The largest absolute Gasteiger partial charge is 4.00 e. The van der Waals surface area contributed by atoms with Gasteiger partial charge in [0.2, 0.25) is 0 Å². The summed E-state index contributed by atoms with van der Waals surface area (Å²) in [5.41, 5.74) is 10.7. The van der Waals surface area contributed by atoms with E-state index in [1.807, 2.05) is 0 Å². The molecule has 2 aliphatic rings. The van der Waals surface area contributed by atoms with Crippen LogP contribution in [0.4, 0.5) is 0 Å². The molecule has 31 heavy (non-hydrogen) atoms. The molecular weight excluding hydrogens is 498 g/mol. The fourth-order valence-electron chi connectivity index (χ4n) is 3.62. The molecule has 0 atom stereocenters. The third-order valence-electron chi connectivity index (χ3n) is 5.50. The van der Waals surface area contributed by atoms with E-state index in [0.717, 1.165) is 25.7 Å². The Morgan fingerprint density at radius 3 is 1.16 bits per heavy atom. The first-order valence-corrected chi connectivity index (χ1v) is 10.4. The van der Waals surface area contributed by atoms with Crippen molar-refractivity contribution in [2.45, 2.75) is 53.4 Å². The van der Waals surface area contributed by atoms with Gasteiger partial charge in [-0.05, 0) is 24.0 Å².